The summed E-state index contributed by atoms with van der Waals surface area (Å²) in [6, 6.07) is 20.3. The molecule has 208 valence electrons. The maximum absolute atomic E-state index is 13.5. The topological polar surface area (TPSA) is 115 Å². The molecular weight excluding hydrogens is 554 g/mol. The van der Waals surface area contributed by atoms with Gasteiger partial charge in [-0.3, -0.25) is 19.0 Å². The predicted octanol–water partition coefficient (Wildman–Crippen LogP) is 4.03. The molecule has 0 spiro atoms. The largest absolute Gasteiger partial charge is 0.378 e. The number of ether oxygens (including phenoxy) is 1. The lowest BCUT2D eigenvalue weighted by Crippen LogP contribution is -2.36. The highest BCUT2D eigenvalue weighted by molar-refractivity contribution is 7.92. The maximum Gasteiger partial charge on any atom is 0.296 e. The molecule has 10 nitrogen and oxygen atoms in total. The van der Waals surface area contributed by atoms with Gasteiger partial charge in [0.15, 0.2) is 0 Å². The second-order valence-electron chi connectivity index (χ2n) is 9.26. The molecule has 3 aromatic carbocycles. The zero-order valence-electron chi connectivity index (χ0n) is 21.9. The van der Waals surface area contributed by atoms with Crippen molar-refractivity contribution < 1.29 is 17.9 Å². The summed E-state index contributed by atoms with van der Waals surface area (Å²) < 4.78 is 37.7. The summed E-state index contributed by atoms with van der Waals surface area (Å²) in [5, 5.41) is 2.79. The van der Waals surface area contributed by atoms with Gasteiger partial charge in [-0.25, -0.2) is 13.1 Å². The van der Waals surface area contributed by atoms with E-state index in [1.54, 1.807) is 49.0 Å². The third-order valence-electron chi connectivity index (χ3n) is 6.78. The van der Waals surface area contributed by atoms with Crippen molar-refractivity contribution in [3.63, 3.8) is 0 Å². The van der Waals surface area contributed by atoms with Crippen molar-refractivity contribution in [3.8, 4) is 5.69 Å². The molecule has 5 rings (SSSR count). The number of hydrogen-bond acceptors (Lipinski definition) is 6. The molecule has 0 saturated carbocycles. The van der Waals surface area contributed by atoms with Crippen molar-refractivity contribution in [2.75, 3.05) is 41.2 Å². The van der Waals surface area contributed by atoms with Gasteiger partial charge in [0, 0.05) is 25.7 Å². The number of anilines is 3. The summed E-state index contributed by atoms with van der Waals surface area (Å²) in [5.74, 6) is -0.504. The van der Waals surface area contributed by atoms with Gasteiger partial charge in [-0.15, -0.1) is 0 Å². The fraction of sp³-hybridized carbons (Fsp3) is 0.214. The quantitative estimate of drug-likeness (QED) is 0.341. The summed E-state index contributed by atoms with van der Waals surface area (Å²) in [7, 11) is -2.68. The molecule has 12 heteroatoms. The van der Waals surface area contributed by atoms with E-state index in [-0.39, 0.29) is 21.2 Å². The molecule has 0 aliphatic carbocycles. The fourth-order valence-corrected chi connectivity index (χ4v) is 6.22. The van der Waals surface area contributed by atoms with Crippen LogP contribution in [0.5, 0.6) is 0 Å². The number of sulfonamides is 1. The monoisotopic (exact) mass is 581 g/mol. The van der Waals surface area contributed by atoms with Gasteiger partial charge < -0.3 is 15.0 Å². The number of amides is 1. The van der Waals surface area contributed by atoms with Crippen LogP contribution in [0.25, 0.3) is 5.69 Å². The Labute approximate surface area is 236 Å². The number of carbonyl (C=O) groups is 1. The molecule has 0 unspecified atom stereocenters. The van der Waals surface area contributed by atoms with Crippen LogP contribution in [-0.2, 0) is 21.8 Å². The van der Waals surface area contributed by atoms with Gasteiger partial charge in [0.25, 0.3) is 21.5 Å². The number of nitrogens with zero attached hydrogens (tertiary/aromatic N) is 3. The first-order valence-electron chi connectivity index (χ1n) is 12.6. The summed E-state index contributed by atoms with van der Waals surface area (Å²) >= 11 is 6.29. The Morgan fingerprint density at radius 2 is 1.65 bits per heavy atom. The standard InChI is InChI=1S/C28H28ClN5O5S/c1-19-26(28(36)34(32(19)2)21-8-4-3-5-9-21)31-40(37,38)25-18-20(12-13-22(25)29)27(35)30-23-10-6-7-11-24(23)33-14-16-39-17-15-33/h3-13,18,31H,14-17H2,1-2H3,(H,30,35). The highest BCUT2D eigenvalue weighted by Gasteiger charge is 2.26. The van der Waals surface area contributed by atoms with Crippen molar-refractivity contribution >= 4 is 44.6 Å². The smallest absolute Gasteiger partial charge is 0.296 e. The molecule has 1 amide bonds. The van der Waals surface area contributed by atoms with Crippen LogP contribution in [0.1, 0.15) is 16.1 Å². The molecule has 1 aromatic heterocycles. The van der Waals surface area contributed by atoms with E-state index in [4.69, 9.17) is 16.3 Å². The molecule has 2 heterocycles. The van der Waals surface area contributed by atoms with E-state index in [2.05, 4.69) is 14.9 Å². The molecule has 1 aliphatic rings. The third kappa shape index (κ3) is 5.35. The third-order valence-corrected chi connectivity index (χ3v) is 8.61. The molecule has 40 heavy (non-hydrogen) atoms. The van der Waals surface area contributed by atoms with Gasteiger partial charge in [-0.2, -0.15) is 0 Å². The lowest BCUT2D eigenvalue weighted by Gasteiger charge is -2.30. The van der Waals surface area contributed by atoms with Crippen LogP contribution in [0, 0.1) is 6.92 Å². The normalized spacial score (nSPS) is 13.7. The minimum absolute atomic E-state index is 0.0882. The first kappa shape index (κ1) is 27.5. The Balaban J connectivity index is 1.44. The number of halogens is 1. The second kappa shape index (κ2) is 11.2. The number of hydrogen-bond donors (Lipinski definition) is 2. The number of benzene rings is 3. The number of nitrogens with one attached hydrogen (secondary N) is 2. The Hall–Kier alpha value is -4.06. The molecule has 2 N–H and O–H groups in total. The average Bonchev–Trinajstić information content (AvgIpc) is 3.16. The van der Waals surface area contributed by atoms with Crippen LogP contribution < -0.4 is 20.5 Å². The van der Waals surface area contributed by atoms with E-state index in [1.807, 2.05) is 24.3 Å². The van der Waals surface area contributed by atoms with Crippen molar-refractivity contribution in [2.45, 2.75) is 11.8 Å². The van der Waals surface area contributed by atoms with E-state index in [9.17, 15) is 18.0 Å². The van der Waals surface area contributed by atoms with Crippen molar-refractivity contribution in [1.29, 1.82) is 0 Å². The average molecular weight is 582 g/mol. The lowest BCUT2D eigenvalue weighted by atomic mass is 10.2. The van der Waals surface area contributed by atoms with Crippen LogP contribution in [0.2, 0.25) is 5.02 Å². The van der Waals surface area contributed by atoms with Crippen LogP contribution >= 0.6 is 11.6 Å². The predicted molar refractivity (Wildman–Crippen MR) is 155 cm³/mol. The summed E-state index contributed by atoms with van der Waals surface area (Å²) in [6.07, 6.45) is 0. The van der Waals surface area contributed by atoms with E-state index < -0.39 is 21.5 Å². The Bertz CT molecular complexity index is 1730. The van der Waals surface area contributed by atoms with E-state index >= 15 is 0 Å². The highest BCUT2D eigenvalue weighted by atomic mass is 35.5. The molecule has 0 bridgehead atoms. The van der Waals surface area contributed by atoms with Gasteiger partial charge in [-0.05, 0) is 49.4 Å². The van der Waals surface area contributed by atoms with E-state index in [0.717, 1.165) is 5.69 Å². The minimum Gasteiger partial charge on any atom is -0.378 e. The number of morpholine rings is 1. The molecular formula is C28H28ClN5O5S. The lowest BCUT2D eigenvalue weighted by molar-refractivity contribution is 0.102. The SMILES string of the molecule is Cc1c(NS(=O)(=O)c2cc(C(=O)Nc3ccccc3N3CCOCC3)ccc2Cl)c(=O)n(-c2ccccc2)n1C. The molecule has 0 radical (unpaired) electrons. The van der Waals surface area contributed by atoms with Gasteiger partial charge in [0.1, 0.15) is 10.6 Å². The zero-order valence-corrected chi connectivity index (χ0v) is 23.5. The van der Waals surface area contributed by atoms with E-state index in [1.165, 1.54) is 22.9 Å². The van der Waals surface area contributed by atoms with Gasteiger partial charge in [-0.1, -0.05) is 41.9 Å². The summed E-state index contributed by atoms with van der Waals surface area (Å²) in [4.78, 5) is 28.3. The number of carbonyl (C=O) groups excluding carboxylic acids is 1. The van der Waals surface area contributed by atoms with Gasteiger partial charge in [0.2, 0.25) is 0 Å². The van der Waals surface area contributed by atoms with Gasteiger partial charge in [0.05, 0.1) is 41.0 Å². The van der Waals surface area contributed by atoms with E-state index in [0.29, 0.717) is 43.4 Å². The van der Waals surface area contributed by atoms with Gasteiger partial charge >= 0.3 is 0 Å². The van der Waals surface area contributed by atoms with Crippen LogP contribution in [0.3, 0.4) is 0 Å². The number of aromatic nitrogens is 2. The van der Waals surface area contributed by atoms with Crippen LogP contribution in [0.15, 0.2) is 82.5 Å². The zero-order chi connectivity index (χ0) is 28.4. The second-order valence-corrected chi connectivity index (χ2v) is 11.3. The van der Waals surface area contributed by atoms with Crippen molar-refractivity contribution in [3.05, 3.63) is 99.4 Å². The number of para-hydroxylation sites is 3. The van der Waals surface area contributed by atoms with Crippen LogP contribution in [0.4, 0.5) is 17.1 Å². The maximum atomic E-state index is 13.5. The number of rotatable bonds is 7. The fourth-order valence-electron chi connectivity index (χ4n) is 4.58. The Morgan fingerprint density at radius 1 is 0.975 bits per heavy atom. The van der Waals surface area contributed by atoms with Crippen molar-refractivity contribution in [2.24, 2.45) is 7.05 Å². The Kier molecular flexibility index (Phi) is 7.70. The van der Waals surface area contributed by atoms with Crippen molar-refractivity contribution in [1.82, 2.24) is 9.36 Å². The highest BCUT2D eigenvalue weighted by Crippen LogP contribution is 2.29. The molecule has 1 aliphatic heterocycles. The minimum atomic E-state index is -4.34. The molecule has 0 atom stereocenters. The summed E-state index contributed by atoms with van der Waals surface area (Å²) in [6.45, 7) is 4.19. The Morgan fingerprint density at radius 3 is 2.38 bits per heavy atom. The first-order valence-corrected chi connectivity index (χ1v) is 14.4. The first-order chi connectivity index (χ1) is 19.2. The summed E-state index contributed by atoms with van der Waals surface area (Å²) in [5.41, 5.74) is 1.86. The molecule has 1 saturated heterocycles. The molecule has 4 aromatic rings. The van der Waals surface area contributed by atoms with Crippen LogP contribution in [-0.4, -0.2) is 50.0 Å². The molecule has 1 fully saturated rings.